The van der Waals surface area contributed by atoms with Crippen molar-refractivity contribution in [3.8, 4) is 0 Å². The zero-order valence-corrected chi connectivity index (χ0v) is 12.1. The Morgan fingerprint density at radius 3 is 2.60 bits per heavy atom. The fraction of sp³-hybridized carbons (Fsp3) is 0.200. The molecule has 2 aromatic rings. The van der Waals surface area contributed by atoms with Gasteiger partial charge in [-0.05, 0) is 36.4 Å². The van der Waals surface area contributed by atoms with E-state index in [1.807, 2.05) is 43.4 Å². The summed E-state index contributed by atoms with van der Waals surface area (Å²) in [5, 5.41) is 8.29. The number of halogens is 1. The van der Waals surface area contributed by atoms with E-state index >= 15 is 0 Å². The number of rotatable bonds is 5. The molecule has 4 nitrogen and oxygen atoms in total. The Hall–Kier alpha value is -1.91. The van der Waals surface area contributed by atoms with Gasteiger partial charge in [0.15, 0.2) is 0 Å². The smallest absolute Gasteiger partial charge is 0.142 e. The van der Waals surface area contributed by atoms with Gasteiger partial charge in [0.2, 0.25) is 0 Å². The van der Waals surface area contributed by atoms with Crippen LogP contribution in [-0.4, -0.2) is 22.8 Å². The lowest BCUT2D eigenvalue weighted by Gasteiger charge is -2.18. The second-order valence-corrected chi connectivity index (χ2v) is 5.16. The normalized spacial score (nSPS) is 10.8. The van der Waals surface area contributed by atoms with Crippen molar-refractivity contribution >= 4 is 17.4 Å². The molecule has 0 amide bonds. The summed E-state index contributed by atoms with van der Waals surface area (Å²) in [6, 6.07) is 11.6. The van der Waals surface area contributed by atoms with Crippen molar-refractivity contribution in [3.63, 3.8) is 0 Å². The molecule has 0 atom stereocenters. The number of benzene rings is 1. The van der Waals surface area contributed by atoms with Crippen LogP contribution < -0.4 is 5.73 Å². The average molecular weight is 289 g/mol. The number of nitrogens with two attached hydrogens (primary N) is 1. The molecule has 5 heteroatoms. The van der Waals surface area contributed by atoms with Gasteiger partial charge in [-0.2, -0.15) is 0 Å². The van der Waals surface area contributed by atoms with Crippen molar-refractivity contribution in [2.75, 3.05) is 7.05 Å². The first-order valence-corrected chi connectivity index (χ1v) is 6.65. The van der Waals surface area contributed by atoms with Crippen molar-refractivity contribution in [2.45, 2.75) is 13.1 Å². The van der Waals surface area contributed by atoms with Crippen molar-refractivity contribution in [3.05, 3.63) is 64.4 Å². The number of amidine groups is 1. The molecular weight excluding hydrogens is 272 g/mol. The van der Waals surface area contributed by atoms with Crippen molar-refractivity contribution in [1.82, 2.24) is 9.88 Å². The van der Waals surface area contributed by atoms with Crippen LogP contribution in [0, 0.1) is 5.41 Å². The number of nitrogens with one attached hydrogen (secondary N) is 1. The molecule has 1 aromatic carbocycles. The highest BCUT2D eigenvalue weighted by Crippen LogP contribution is 2.13. The van der Waals surface area contributed by atoms with E-state index in [0.29, 0.717) is 12.2 Å². The largest absolute Gasteiger partial charge is 0.382 e. The fourth-order valence-electron chi connectivity index (χ4n) is 2.06. The third-order valence-corrected chi connectivity index (χ3v) is 3.20. The Labute approximate surface area is 123 Å². The van der Waals surface area contributed by atoms with Gasteiger partial charge in [0.1, 0.15) is 11.5 Å². The van der Waals surface area contributed by atoms with Gasteiger partial charge in [-0.15, -0.1) is 0 Å². The van der Waals surface area contributed by atoms with Crippen LogP contribution in [0.3, 0.4) is 0 Å². The maximum absolute atomic E-state index is 7.55. The van der Waals surface area contributed by atoms with Gasteiger partial charge in [-0.25, -0.2) is 0 Å². The van der Waals surface area contributed by atoms with Crippen LogP contribution in [0.25, 0.3) is 0 Å². The predicted octanol–water partition coefficient (Wildman–Crippen LogP) is 2.65. The van der Waals surface area contributed by atoms with E-state index in [1.165, 1.54) is 5.56 Å². The Bertz CT molecular complexity index is 595. The predicted molar refractivity (Wildman–Crippen MR) is 81.9 cm³/mol. The minimum Gasteiger partial charge on any atom is -0.382 e. The zero-order valence-electron chi connectivity index (χ0n) is 11.3. The van der Waals surface area contributed by atoms with Crippen LogP contribution >= 0.6 is 11.6 Å². The second-order valence-electron chi connectivity index (χ2n) is 4.72. The van der Waals surface area contributed by atoms with Gasteiger partial charge >= 0.3 is 0 Å². The summed E-state index contributed by atoms with van der Waals surface area (Å²) in [5.74, 6) is 0.000456. The zero-order chi connectivity index (χ0) is 14.5. The molecule has 2 rings (SSSR count). The standard InChI is InChI=1S/C15H17ClN4/c1-20(9-11-4-6-13(16)7-5-11)10-12-3-2-8-19-14(12)15(17)18/h2-8H,9-10H2,1H3,(H3,17,18). The third kappa shape index (κ3) is 3.79. The summed E-state index contributed by atoms with van der Waals surface area (Å²) in [5.41, 5.74) is 8.24. The molecule has 0 aliphatic heterocycles. The van der Waals surface area contributed by atoms with E-state index in [9.17, 15) is 0 Å². The van der Waals surface area contributed by atoms with Crippen LogP contribution in [0.15, 0.2) is 42.6 Å². The lowest BCUT2D eigenvalue weighted by Crippen LogP contribution is -2.22. The van der Waals surface area contributed by atoms with Gasteiger partial charge in [-0.3, -0.25) is 15.3 Å². The quantitative estimate of drug-likeness (QED) is 0.656. The van der Waals surface area contributed by atoms with Crippen LogP contribution in [0.4, 0.5) is 0 Å². The highest BCUT2D eigenvalue weighted by atomic mass is 35.5. The number of nitrogens with zero attached hydrogens (tertiary/aromatic N) is 2. The SMILES string of the molecule is CN(Cc1ccc(Cl)cc1)Cc1cccnc1C(=N)N. The summed E-state index contributed by atoms with van der Waals surface area (Å²) in [4.78, 5) is 6.30. The second kappa shape index (κ2) is 6.50. The third-order valence-electron chi connectivity index (χ3n) is 2.95. The fourth-order valence-corrected chi connectivity index (χ4v) is 2.18. The minimum atomic E-state index is 0.000456. The molecular formula is C15H17ClN4. The van der Waals surface area contributed by atoms with Gasteiger partial charge in [-0.1, -0.05) is 29.8 Å². The van der Waals surface area contributed by atoms with E-state index in [1.54, 1.807) is 6.20 Å². The average Bonchev–Trinajstić information content (AvgIpc) is 2.41. The van der Waals surface area contributed by atoms with Crippen molar-refractivity contribution in [2.24, 2.45) is 5.73 Å². The van der Waals surface area contributed by atoms with Gasteiger partial charge in [0.25, 0.3) is 0 Å². The first kappa shape index (κ1) is 14.5. The maximum Gasteiger partial charge on any atom is 0.142 e. The minimum absolute atomic E-state index is 0.000456. The lowest BCUT2D eigenvalue weighted by atomic mass is 10.1. The lowest BCUT2D eigenvalue weighted by molar-refractivity contribution is 0.318. The van der Waals surface area contributed by atoms with E-state index in [4.69, 9.17) is 22.7 Å². The first-order chi connectivity index (χ1) is 9.56. The molecule has 1 heterocycles. The molecule has 1 aromatic heterocycles. The summed E-state index contributed by atoms with van der Waals surface area (Å²) in [7, 11) is 2.02. The molecule has 0 unspecified atom stereocenters. The molecule has 0 bridgehead atoms. The first-order valence-electron chi connectivity index (χ1n) is 6.27. The Balaban J connectivity index is 2.06. The Kier molecular flexibility index (Phi) is 4.71. The molecule has 0 saturated carbocycles. The molecule has 0 fully saturated rings. The van der Waals surface area contributed by atoms with Crippen molar-refractivity contribution < 1.29 is 0 Å². The monoisotopic (exact) mass is 288 g/mol. The molecule has 0 spiro atoms. The topological polar surface area (TPSA) is 66.0 Å². The van der Waals surface area contributed by atoms with E-state index < -0.39 is 0 Å². The molecule has 0 saturated heterocycles. The summed E-state index contributed by atoms with van der Waals surface area (Å²) >= 11 is 5.87. The van der Waals surface area contributed by atoms with Crippen LogP contribution in [0.1, 0.15) is 16.8 Å². The number of aromatic nitrogens is 1. The Morgan fingerprint density at radius 1 is 1.25 bits per heavy atom. The highest BCUT2D eigenvalue weighted by Gasteiger charge is 2.09. The van der Waals surface area contributed by atoms with Crippen LogP contribution in [0.5, 0.6) is 0 Å². The van der Waals surface area contributed by atoms with Gasteiger partial charge < -0.3 is 5.73 Å². The molecule has 0 radical (unpaired) electrons. The number of hydrogen-bond acceptors (Lipinski definition) is 3. The van der Waals surface area contributed by atoms with Gasteiger partial charge in [0, 0.05) is 24.3 Å². The molecule has 3 N–H and O–H groups in total. The summed E-state index contributed by atoms with van der Waals surface area (Å²) in [6.45, 7) is 1.48. The van der Waals surface area contributed by atoms with Gasteiger partial charge in [0.05, 0.1) is 0 Å². The van der Waals surface area contributed by atoms with Crippen LogP contribution in [0.2, 0.25) is 5.02 Å². The van der Waals surface area contributed by atoms with E-state index in [2.05, 4.69) is 9.88 Å². The Morgan fingerprint density at radius 2 is 1.95 bits per heavy atom. The number of pyridine rings is 1. The van der Waals surface area contributed by atoms with Crippen molar-refractivity contribution in [1.29, 1.82) is 5.41 Å². The number of nitrogen functional groups attached to an aromatic ring is 1. The molecule has 20 heavy (non-hydrogen) atoms. The molecule has 0 aliphatic carbocycles. The molecule has 0 aliphatic rings. The number of hydrogen-bond donors (Lipinski definition) is 2. The summed E-state index contributed by atoms with van der Waals surface area (Å²) < 4.78 is 0. The van der Waals surface area contributed by atoms with E-state index in [0.717, 1.165) is 17.1 Å². The summed E-state index contributed by atoms with van der Waals surface area (Å²) in [6.07, 6.45) is 1.65. The maximum atomic E-state index is 7.55. The van der Waals surface area contributed by atoms with E-state index in [-0.39, 0.29) is 5.84 Å². The van der Waals surface area contributed by atoms with Crippen LogP contribution in [-0.2, 0) is 13.1 Å². The molecule has 104 valence electrons. The highest BCUT2D eigenvalue weighted by molar-refractivity contribution is 6.30.